The highest BCUT2D eigenvalue weighted by Gasteiger charge is 2.35. The molecule has 0 saturated carbocycles. The number of sulfonamides is 1. The van der Waals surface area contributed by atoms with Crippen LogP contribution in [0.4, 0.5) is 5.69 Å². The van der Waals surface area contributed by atoms with E-state index < -0.39 is 34.1 Å². The summed E-state index contributed by atoms with van der Waals surface area (Å²) in [7, 11) is -1.41. The molecular weight excluding hydrogens is 613 g/mol. The van der Waals surface area contributed by atoms with Crippen LogP contribution < -0.4 is 19.1 Å². The molecule has 0 heterocycles. The van der Waals surface area contributed by atoms with Crippen molar-refractivity contribution in [1.82, 2.24) is 10.2 Å². The van der Waals surface area contributed by atoms with Gasteiger partial charge in [-0.05, 0) is 81.3 Å². The number of methoxy groups -OCH3 is 2. The van der Waals surface area contributed by atoms with Crippen molar-refractivity contribution in [2.75, 3.05) is 25.1 Å². The van der Waals surface area contributed by atoms with Crippen molar-refractivity contribution in [3.05, 3.63) is 82.3 Å². The number of benzene rings is 3. The first-order chi connectivity index (χ1) is 20.2. The second-order valence-electron chi connectivity index (χ2n) is 10.8. The maximum atomic E-state index is 14.3. The average molecular weight is 651 g/mol. The fraction of sp³-hybridized carbons (Fsp3) is 0.355. The van der Waals surface area contributed by atoms with Gasteiger partial charge in [-0.1, -0.05) is 48.3 Å². The first kappa shape index (κ1) is 34.0. The number of hydrogen-bond acceptors (Lipinski definition) is 6. The molecule has 0 aliphatic rings. The fourth-order valence-corrected chi connectivity index (χ4v) is 6.32. The summed E-state index contributed by atoms with van der Waals surface area (Å²) in [6, 6.07) is 16.3. The van der Waals surface area contributed by atoms with Crippen LogP contribution in [-0.4, -0.2) is 57.5 Å². The van der Waals surface area contributed by atoms with Crippen LogP contribution in [0, 0.1) is 0 Å². The first-order valence-corrected chi connectivity index (χ1v) is 15.8. The zero-order valence-electron chi connectivity index (χ0n) is 25.1. The molecule has 3 rings (SSSR count). The quantitative estimate of drug-likeness (QED) is 0.261. The molecule has 3 aromatic carbocycles. The third kappa shape index (κ3) is 8.55. The number of nitrogens with one attached hydrogen (secondary N) is 1. The monoisotopic (exact) mass is 649 g/mol. The van der Waals surface area contributed by atoms with Crippen LogP contribution in [0.1, 0.15) is 39.7 Å². The van der Waals surface area contributed by atoms with Gasteiger partial charge in [0.2, 0.25) is 11.8 Å². The first-order valence-electron chi connectivity index (χ1n) is 13.6. The van der Waals surface area contributed by atoms with Crippen LogP contribution >= 0.6 is 23.2 Å². The van der Waals surface area contributed by atoms with Crippen LogP contribution in [-0.2, 0) is 26.2 Å². The summed E-state index contributed by atoms with van der Waals surface area (Å²) in [6.07, 6.45) is 0.263. The Labute approximate surface area is 263 Å². The Kier molecular flexibility index (Phi) is 11.3. The number of anilines is 1. The maximum Gasteiger partial charge on any atom is 0.264 e. The van der Waals surface area contributed by atoms with Crippen molar-refractivity contribution >= 4 is 50.7 Å². The van der Waals surface area contributed by atoms with Crippen LogP contribution in [0.5, 0.6) is 11.5 Å². The second kappa shape index (κ2) is 14.3. The smallest absolute Gasteiger partial charge is 0.264 e. The van der Waals surface area contributed by atoms with Crippen LogP contribution in [0.25, 0.3) is 0 Å². The molecular formula is C31H37Cl2N3O6S. The van der Waals surface area contributed by atoms with E-state index >= 15 is 0 Å². The Bertz CT molecular complexity index is 1540. The number of nitrogens with zero attached hydrogens (tertiary/aromatic N) is 2. The van der Waals surface area contributed by atoms with E-state index in [1.165, 1.54) is 43.4 Å². The van der Waals surface area contributed by atoms with Gasteiger partial charge in [0.1, 0.15) is 24.1 Å². The number of rotatable bonds is 12. The number of halogens is 2. The zero-order chi connectivity index (χ0) is 31.9. The van der Waals surface area contributed by atoms with Gasteiger partial charge >= 0.3 is 0 Å². The Balaban J connectivity index is 2.13. The van der Waals surface area contributed by atoms with Crippen molar-refractivity contribution in [3.63, 3.8) is 0 Å². The Morgan fingerprint density at radius 2 is 1.60 bits per heavy atom. The zero-order valence-corrected chi connectivity index (χ0v) is 27.4. The number of para-hydroxylation sites is 2. The molecule has 12 heteroatoms. The van der Waals surface area contributed by atoms with Crippen molar-refractivity contribution < 1.29 is 27.5 Å². The molecule has 1 atom stereocenters. The van der Waals surface area contributed by atoms with Crippen molar-refractivity contribution in [1.29, 1.82) is 0 Å². The lowest BCUT2D eigenvalue weighted by atomic mass is 10.1. The molecule has 0 aromatic heterocycles. The summed E-state index contributed by atoms with van der Waals surface area (Å²) < 4.78 is 39.9. The van der Waals surface area contributed by atoms with E-state index in [9.17, 15) is 18.0 Å². The van der Waals surface area contributed by atoms with Crippen molar-refractivity contribution in [2.24, 2.45) is 0 Å². The molecule has 0 aliphatic carbocycles. The average Bonchev–Trinajstić information content (AvgIpc) is 2.95. The normalized spacial score (nSPS) is 12.3. The van der Waals surface area contributed by atoms with E-state index in [-0.39, 0.29) is 35.2 Å². The van der Waals surface area contributed by atoms with E-state index in [2.05, 4.69) is 5.32 Å². The van der Waals surface area contributed by atoms with Crippen LogP contribution in [0.3, 0.4) is 0 Å². The Morgan fingerprint density at radius 3 is 2.16 bits per heavy atom. The lowest BCUT2D eigenvalue weighted by Gasteiger charge is -2.35. The molecule has 2 amide bonds. The van der Waals surface area contributed by atoms with Gasteiger partial charge in [-0.25, -0.2) is 8.42 Å². The maximum absolute atomic E-state index is 14.3. The van der Waals surface area contributed by atoms with Gasteiger partial charge < -0.3 is 19.7 Å². The summed E-state index contributed by atoms with van der Waals surface area (Å²) in [4.78, 5) is 29.0. The lowest BCUT2D eigenvalue weighted by molar-refractivity contribution is -0.141. The molecule has 43 heavy (non-hydrogen) atoms. The number of amides is 2. The number of ether oxygens (including phenoxy) is 2. The van der Waals surface area contributed by atoms with E-state index in [0.717, 1.165) is 4.31 Å². The predicted molar refractivity (Wildman–Crippen MR) is 170 cm³/mol. The highest BCUT2D eigenvalue weighted by molar-refractivity contribution is 7.92. The molecule has 3 aromatic rings. The van der Waals surface area contributed by atoms with Gasteiger partial charge in [0, 0.05) is 22.1 Å². The largest absolute Gasteiger partial charge is 0.497 e. The number of carbonyl (C=O) groups is 2. The molecule has 9 nitrogen and oxygen atoms in total. The molecule has 232 valence electrons. The van der Waals surface area contributed by atoms with Crippen LogP contribution in [0.2, 0.25) is 10.0 Å². The molecule has 0 radical (unpaired) electrons. The Morgan fingerprint density at radius 1 is 0.953 bits per heavy atom. The SMILES string of the molecule is CCC(C(=O)NC(C)(C)C)N(Cc1ccc(Cl)cc1Cl)C(=O)CN(c1ccccc1OC)S(=O)(=O)c1ccc(OC)cc1. The second-order valence-corrected chi connectivity index (χ2v) is 13.5. The van der Waals surface area contributed by atoms with E-state index in [0.29, 0.717) is 21.4 Å². The summed E-state index contributed by atoms with van der Waals surface area (Å²) in [5.74, 6) is -0.280. The van der Waals surface area contributed by atoms with E-state index in [1.807, 2.05) is 20.8 Å². The van der Waals surface area contributed by atoms with Crippen molar-refractivity contribution in [2.45, 2.75) is 57.1 Å². The summed E-state index contributed by atoms with van der Waals surface area (Å²) in [5.41, 5.74) is 0.132. The molecule has 0 spiro atoms. The third-order valence-corrected chi connectivity index (χ3v) is 8.88. The minimum absolute atomic E-state index is 0.0585. The standard InChI is InChI=1S/C31H37Cl2N3O6S/c1-7-26(30(38)34-31(2,3)4)35(19-21-12-13-22(32)18-25(21)33)29(37)20-36(27-10-8-9-11-28(27)42-6)43(39,40)24-16-14-23(41-5)15-17-24/h8-18,26H,7,19-20H2,1-6H3,(H,34,38). The van der Waals surface area contributed by atoms with Crippen LogP contribution in [0.15, 0.2) is 71.6 Å². The highest BCUT2D eigenvalue weighted by Crippen LogP contribution is 2.33. The molecule has 0 aliphatic heterocycles. The Hall–Kier alpha value is -3.47. The van der Waals surface area contributed by atoms with E-state index in [1.54, 1.807) is 49.4 Å². The minimum Gasteiger partial charge on any atom is -0.497 e. The third-order valence-electron chi connectivity index (χ3n) is 6.52. The number of hydrogen-bond donors (Lipinski definition) is 1. The van der Waals surface area contributed by atoms with Gasteiger partial charge in [0.05, 0.1) is 24.8 Å². The fourth-order valence-electron chi connectivity index (χ4n) is 4.43. The summed E-state index contributed by atoms with van der Waals surface area (Å²) in [6.45, 7) is 6.61. The molecule has 1 unspecified atom stereocenters. The lowest BCUT2D eigenvalue weighted by Crippen LogP contribution is -2.55. The molecule has 1 N–H and O–H groups in total. The van der Waals surface area contributed by atoms with Gasteiger partial charge in [-0.15, -0.1) is 0 Å². The summed E-state index contributed by atoms with van der Waals surface area (Å²) in [5, 5.41) is 3.66. The van der Waals surface area contributed by atoms with Gasteiger partial charge in [0.25, 0.3) is 10.0 Å². The van der Waals surface area contributed by atoms with Gasteiger partial charge in [-0.3, -0.25) is 13.9 Å². The topological polar surface area (TPSA) is 105 Å². The molecule has 0 saturated heterocycles. The van der Waals surface area contributed by atoms with E-state index in [4.69, 9.17) is 32.7 Å². The van der Waals surface area contributed by atoms with Gasteiger partial charge in [-0.2, -0.15) is 0 Å². The van der Waals surface area contributed by atoms with Gasteiger partial charge in [0.15, 0.2) is 0 Å². The highest BCUT2D eigenvalue weighted by atomic mass is 35.5. The predicted octanol–water partition coefficient (Wildman–Crippen LogP) is 5.93. The minimum atomic E-state index is -4.30. The molecule has 0 bridgehead atoms. The molecule has 0 fully saturated rings. The summed E-state index contributed by atoms with van der Waals surface area (Å²) >= 11 is 12.6. The number of carbonyl (C=O) groups excluding carboxylic acids is 2. The van der Waals surface area contributed by atoms with Crippen molar-refractivity contribution in [3.8, 4) is 11.5 Å².